The predicted molar refractivity (Wildman–Crippen MR) is 83.2 cm³/mol. The summed E-state index contributed by atoms with van der Waals surface area (Å²) < 4.78 is 63.4. The highest BCUT2D eigenvalue weighted by atomic mass is 32.2. The summed E-state index contributed by atoms with van der Waals surface area (Å²) in [4.78, 5) is 11.9. The van der Waals surface area contributed by atoms with Gasteiger partial charge in [-0.05, 0) is 24.3 Å². The number of amides is 1. The fourth-order valence-electron chi connectivity index (χ4n) is 1.89. The fourth-order valence-corrected chi connectivity index (χ4v) is 2.84. The number of anilines is 1. The Labute approximate surface area is 142 Å². The summed E-state index contributed by atoms with van der Waals surface area (Å²) in [7, 11) is -0.925. The van der Waals surface area contributed by atoms with Gasteiger partial charge in [0, 0.05) is 26.0 Å². The van der Waals surface area contributed by atoms with Crippen LogP contribution in [-0.2, 0) is 27.5 Å². The van der Waals surface area contributed by atoms with Crippen molar-refractivity contribution in [3.05, 3.63) is 42.2 Å². The van der Waals surface area contributed by atoms with E-state index in [1.54, 1.807) is 0 Å². The maximum atomic E-state index is 12.5. The van der Waals surface area contributed by atoms with Crippen LogP contribution in [0.15, 0.2) is 41.4 Å². The lowest BCUT2D eigenvalue weighted by molar-refractivity contribution is -0.141. The first-order chi connectivity index (χ1) is 11.5. The Balaban J connectivity index is 2.10. The molecule has 1 heterocycles. The Bertz CT molecular complexity index is 875. The first-order valence-corrected chi connectivity index (χ1v) is 8.37. The van der Waals surface area contributed by atoms with Crippen LogP contribution in [0.2, 0.25) is 0 Å². The normalized spacial score (nSPS) is 12.4. The number of carbonyl (C=O) groups excluding carboxylic acids is 1. The summed E-state index contributed by atoms with van der Waals surface area (Å²) >= 11 is 0. The Morgan fingerprint density at radius 2 is 1.96 bits per heavy atom. The lowest BCUT2D eigenvalue weighted by atomic mass is 10.3. The average Bonchev–Trinajstić information content (AvgIpc) is 2.95. The summed E-state index contributed by atoms with van der Waals surface area (Å²) in [5.41, 5.74) is -0.893. The Kier molecular flexibility index (Phi) is 5.18. The summed E-state index contributed by atoms with van der Waals surface area (Å²) in [6, 6.07) is 6.31. The number of nitrogens with zero attached hydrogens (tertiary/aromatic N) is 3. The largest absolute Gasteiger partial charge is 0.435 e. The van der Waals surface area contributed by atoms with Gasteiger partial charge in [0.05, 0.1) is 4.90 Å². The number of benzene rings is 1. The predicted octanol–water partition coefficient (Wildman–Crippen LogP) is 1.79. The molecule has 0 spiro atoms. The number of alkyl halides is 3. The SMILES string of the molecule is CN(C)S(=O)(=O)c1cccc(NC(=O)Cn2ccc(C(F)(F)F)n2)c1. The molecule has 25 heavy (non-hydrogen) atoms. The van der Waals surface area contributed by atoms with Gasteiger partial charge in [0.1, 0.15) is 6.54 Å². The first kappa shape index (κ1) is 18.9. The molecule has 0 aliphatic carbocycles. The molecule has 0 saturated carbocycles. The number of hydrogen-bond acceptors (Lipinski definition) is 4. The molecule has 2 rings (SSSR count). The smallest absolute Gasteiger partial charge is 0.324 e. The Morgan fingerprint density at radius 3 is 2.52 bits per heavy atom. The average molecular weight is 376 g/mol. The van der Waals surface area contributed by atoms with E-state index >= 15 is 0 Å². The summed E-state index contributed by atoms with van der Waals surface area (Å²) in [5, 5.41) is 5.70. The minimum atomic E-state index is -4.59. The number of carbonyl (C=O) groups is 1. The standard InChI is InChI=1S/C14H15F3N4O3S/c1-20(2)25(23,24)11-5-3-4-10(8-11)18-13(22)9-21-7-6-12(19-21)14(15,16)17/h3-8H,9H2,1-2H3,(H,18,22). The van der Waals surface area contributed by atoms with E-state index in [2.05, 4.69) is 10.4 Å². The molecule has 0 aliphatic rings. The van der Waals surface area contributed by atoms with E-state index in [-0.39, 0.29) is 10.6 Å². The molecule has 7 nitrogen and oxygen atoms in total. The molecule has 136 valence electrons. The number of nitrogens with one attached hydrogen (secondary N) is 1. The van der Waals surface area contributed by atoms with Gasteiger partial charge in [-0.2, -0.15) is 18.3 Å². The molecular formula is C14H15F3N4O3S. The topological polar surface area (TPSA) is 84.3 Å². The molecule has 0 atom stereocenters. The van der Waals surface area contributed by atoms with Gasteiger partial charge in [0.15, 0.2) is 5.69 Å². The Hall–Kier alpha value is -2.40. The second-order valence-electron chi connectivity index (χ2n) is 5.26. The highest BCUT2D eigenvalue weighted by Gasteiger charge is 2.33. The van der Waals surface area contributed by atoms with Crippen LogP contribution in [-0.4, -0.2) is 42.5 Å². The molecule has 1 N–H and O–H groups in total. The van der Waals surface area contributed by atoms with Crippen molar-refractivity contribution in [2.75, 3.05) is 19.4 Å². The molecule has 1 aromatic heterocycles. The maximum Gasteiger partial charge on any atom is 0.435 e. The van der Waals surface area contributed by atoms with E-state index in [0.29, 0.717) is 0 Å². The number of rotatable bonds is 5. The molecule has 0 bridgehead atoms. The summed E-state index contributed by atoms with van der Waals surface area (Å²) in [6.07, 6.45) is -3.55. The van der Waals surface area contributed by atoms with Crippen molar-refractivity contribution in [3.8, 4) is 0 Å². The van der Waals surface area contributed by atoms with Crippen LogP contribution < -0.4 is 5.32 Å². The lowest BCUT2D eigenvalue weighted by Crippen LogP contribution is -2.23. The highest BCUT2D eigenvalue weighted by molar-refractivity contribution is 7.89. The number of aromatic nitrogens is 2. The van der Waals surface area contributed by atoms with Crippen molar-refractivity contribution in [1.29, 1.82) is 0 Å². The van der Waals surface area contributed by atoms with Gasteiger partial charge in [-0.3, -0.25) is 9.48 Å². The number of hydrogen-bond donors (Lipinski definition) is 1. The van der Waals surface area contributed by atoms with E-state index in [9.17, 15) is 26.4 Å². The second-order valence-corrected chi connectivity index (χ2v) is 7.41. The molecule has 0 radical (unpaired) electrons. The van der Waals surface area contributed by atoms with Gasteiger partial charge in [-0.25, -0.2) is 12.7 Å². The Morgan fingerprint density at radius 1 is 1.28 bits per heavy atom. The lowest BCUT2D eigenvalue weighted by Gasteiger charge is -2.12. The van der Waals surface area contributed by atoms with Crippen molar-refractivity contribution >= 4 is 21.6 Å². The molecule has 1 amide bonds. The molecule has 1 aromatic carbocycles. The van der Waals surface area contributed by atoms with Crippen LogP contribution in [0.1, 0.15) is 5.69 Å². The molecule has 0 unspecified atom stereocenters. The summed E-state index contributed by atoms with van der Waals surface area (Å²) in [6.45, 7) is -0.444. The van der Waals surface area contributed by atoms with Gasteiger partial charge in [-0.15, -0.1) is 0 Å². The van der Waals surface area contributed by atoms with Gasteiger partial charge in [0.25, 0.3) is 0 Å². The number of halogens is 3. The number of sulfonamides is 1. The maximum absolute atomic E-state index is 12.5. The van der Waals surface area contributed by atoms with Gasteiger partial charge >= 0.3 is 6.18 Å². The third kappa shape index (κ3) is 4.57. The van der Waals surface area contributed by atoms with E-state index < -0.39 is 34.3 Å². The third-order valence-corrected chi connectivity index (χ3v) is 4.94. The molecule has 0 saturated heterocycles. The zero-order chi connectivity index (χ0) is 18.8. The van der Waals surface area contributed by atoms with Crippen molar-refractivity contribution in [2.24, 2.45) is 0 Å². The zero-order valence-corrected chi connectivity index (χ0v) is 14.1. The summed E-state index contributed by atoms with van der Waals surface area (Å²) in [5.74, 6) is -0.642. The van der Waals surface area contributed by atoms with Crippen LogP contribution >= 0.6 is 0 Å². The van der Waals surface area contributed by atoms with Crippen molar-refractivity contribution in [1.82, 2.24) is 14.1 Å². The van der Waals surface area contributed by atoms with Gasteiger partial charge in [0.2, 0.25) is 15.9 Å². The second kappa shape index (κ2) is 6.84. The van der Waals surface area contributed by atoms with E-state index in [0.717, 1.165) is 21.3 Å². The van der Waals surface area contributed by atoms with Gasteiger partial charge < -0.3 is 5.32 Å². The van der Waals surface area contributed by atoms with E-state index in [1.165, 1.54) is 38.4 Å². The molecule has 2 aromatic rings. The molecular weight excluding hydrogens is 361 g/mol. The molecule has 0 aliphatic heterocycles. The monoisotopic (exact) mass is 376 g/mol. The fraction of sp³-hybridized carbons (Fsp3) is 0.286. The van der Waals surface area contributed by atoms with Crippen LogP contribution in [0.4, 0.5) is 18.9 Å². The van der Waals surface area contributed by atoms with Crippen LogP contribution in [0.5, 0.6) is 0 Å². The van der Waals surface area contributed by atoms with Crippen molar-refractivity contribution < 1.29 is 26.4 Å². The quantitative estimate of drug-likeness (QED) is 0.862. The van der Waals surface area contributed by atoms with Crippen molar-refractivity contribution in [3.63, 3.8) is 0 Å². The van der Waals surface area contributed by atoms with E-state index in [1.807, 2.05) is 0 Å². The van der Waals surface area contributed by atoms with E-state index in [4.69, 9.17) is 0 Å². The van der Waals surface area contributed by atoms with Crippen LogP contribution in [0.3, 0.4) is 0 Å². The third-order valence-electron chi connectivity index (χ3n) is 3.13. The zero-order valence-electron chi connectivity index (χ0n) is 13.3. The van der Waals surface area contributed by atoms with Crippen molar-refractivity contribution in [2.45, 2.75) is 17.6 Å². The first-order valence-electron chi connectivity index (χ1n) is 6.93. The molecule has 11 heteroatoms. The van der Waals surface area contributed by atoms with Gasteiger partial charge in [-0.1, -0.05) is 6.07 Å². The highest BCUT2D eigenvalue weighted by Crippen LogP contribution is 2.27. The minimum absolute atomic E-state index is 0.0197. The van der Waals surface area contributed by atoms with Crippen LogP contribution in [0, 0.1) is 0 Å². The minimum Gasteiger partial charge on any atom is -0.324 e. The molecule has 0 fully saturated rings. The van der Waals surface area contributed by atoms with Crippen LogP contribution in [0.25, 0.3) is 0 Å².